The van der Waals surface area contributed by atoms with Crippen LogP contribution in [0.15, 0.2) is 42.5 Å². The van der Waals surface area contributed by atoms with Gasteiger partial charge in [0.05, 0.1) is 29.7 Å². The van der Waals surface area contributed by atoms with Crippen LogP contribution in [0.3, 0.4) is 0 Å². The van der Waals surface area contributed by atoms with E-state index in [1.807, 2.05) is 32.9 Å². The van der Waals surface area contributed by atoms with Gasteiger partial charge in [0.15, 0.2) is 0 Å². The molecule has 2 aromatic rings. The Hall–Kier alpha value is -2.29. The molecule has 9 heteroatoms. The maximum atomic E-state index is 13.0. The van der Waals surface area contributed by atoms with Gasteiger partial charge in [-0.1, -0.05) is 35.9 Å². The fraction of sp³-hybridized carbons (Fsp3) is 0.480. The minimum atomic E-state index is -4.52. The van der Waals surface area contributed by atoms with Crippen LogP contribution in [0, 0.1) is 0 Å². The molecule has 186 valence electrons. The number of halogens is 4. The third-order valence-corrected chi connectivity index (χ3v) is 5.68. The first-order valence-electron chi connectivity index (χ1n) is 11.1. The predicted octanol–water partition coefficient (Wildman–Crippen LogP) is 6.04. The number of alkyl halides is 3. The van der Waals surface area contributed by atoms with Gasteiger partial charge in [-0.15, -0.1) is 0 Å². The Bertz CT molecular complexity index is 974. The van der Waals surface area contributed by atoms with Crippen molar-refractivity contribution in [3.05, 3.63) is 64.2 Å². The number of rotatable bonds is 7. The van der Waals surface area contributed by atoms with Gasteiger partial charge in [0.25, 0.3) is 0 Å². The minimum Gasteiger partial charge on any atom is -0.489 e. The van der Waals surface area contributed by atoms with Crippen molar-refractivity contribution in [2.45, 2.75) is 51.7 Å². The van der Waals surface area contributed by atoms with Crippen LogP contribution in [0.1, 0.15) is 50.0 Å². The molecular formula is C25H29ClF3NO4. The molecule has 1 saturated heterocycles. The summed E-state index contributed by atoms with van der Waals surface area (Å²) < 4.78 is 56.0. The van der Waals surface area contributed by atoms with Crippen molar-refractivity contribution in [1.29, 1.82) is 0 Å². The SMILES string of the molecule is CC(C)(C)OC(=O)CCN1CCOC(c2ccc(OCc3cccc(C(F)(F)F)c3Cl)cc2)C1. The Kier molecular flexibility index (Phi) is 8.49. The molecule has 1 aliphatic rings. The fourth-order valence-electron chi connectivity index (χ4n) is 3.60. The summed E-state index contributed by atoms with van der Waals surface area (Å²) in [6.45, 7) is 7.96. The van der Waals surface area contributed by atoms with Crippen molar-refractivity contribution in [2.75, 3.05) is 26.2 Å². The number of carbonyl (C=O) groups excluding carboxylic acids is 1. The molecular weight excluding hydrogens is 471 g/mol. The summed E-state index contributed by atoms with van der Waals surface area (Å²) in [5, 5.41) is -0.353. The molecule has 3 rings (SSSR count). The van der Waals surface area contributed by atoms with Crippen LogP contribution in [0.2, 0.25) is 5.02 Å². The molecule has 0 saturated carbocycles. The molecule has 0 amide bonds. The van der Waals surface area contributed by atoms with E-state index < -0.39 is 17.3 Å². The fourth-order valence-corrected chi connectivity index (χ4v) is 3.89. The van der Waals surface area contributed by atoms with E-state index in [1.54, 1.807) is 12.1 Å². The van der Waals surface area contributed by atoms with Gasteiger partial charge in [0.1, 0.15) is 18.0 Å². The number of ether oxygens (including phenoxy) is 3. The molecule has 1 fully saturated rings. The van der Waals surface area contributed by atoms with Gasteiger partial charge >= 0.3 is 12.1 Å². The molecule has 1 atom stereocenters. The van der Waals surface area contributed by atoms with Gasteiger partial charge in [-0.25, -0.2) is 0 Å². The Labute approximate surface area is 202 Å². The minimum absolute atomic E-state index is 0.0829. The molecule has 1 heterocycles. The standard InChI is InChI=1S/C25H29ClF3NO4/c1-24(2,3)34-22(31)11-12-30-13-14-32-21(15-30)17-7-9-19(10-8-17)33-16-18-5-4-6-20(23(18)26)25(27,28)29/h4-10,21H,11-16H2,1-3H3. The van der Waals surface area contributed by atoms with E-state index in [4.69, 9.17) is 25.8 Å². The van der Waals surface area contributed by atoms with Crippen LogP contribution in [0.5, 0.6) is 5.75 Å². The van der Waals surface area contributed by atoms with E-state index in [0.717, 1.165) is 18.2 Å². The van der Waals surface area contributed by atoms with Crippen molar-refractivity contribution in [2.24, 2.45) is 0 Å². The van der Waals surface area contributed by atoms with Crippen LogP contribution in [-0.2, 0) is 27.1 Å². The van der Waals surface area contributed by atoms with Gasteiger partial charge in [0.2, 0.25) is 0 Å². The molecule has 1 unspecified atom stereocenters. The van der Waals surface area contributed by atoms with Gasteiger partial charge in [-0.05, 0) is 44.5 Å². The Balaban J connectivity index is 1.54. The van der Waals surface area contributed by atoms with Crippen LogP contribution in [-0.4, -0.2) is 42.7 Å². The summed E-state index contributed by atoms with van der Waals surface area (Å²) in [4.78, 5) is 14.1. The zero-order valence-corrected chi connectivity index (χ0v) is 20.2. The summed E-state index contributed by atoms with van der Waals surface area (Å²) in [6, 6.07) is 11.0. The van der Waals surface area contributed by atoms with E-state index in [1.165, 1.54) is 12.1 Å². The number of esters is 1. The Morgan fingerprint density at radius 1 is 1.15 bits per heavy atom. The van der Waals surface area contributed by atoms with Crippen LogP contribution < -0.4 is 4.74 Å². The van der Waals surface area contributed by atoms with E-state index in [-0.39, 0.29) is 29.3 Å². The van der Waals surface area contributed by atoms with E-state index >= 15 is 0 Å². The Morgan fingerprint density at radius 3 is 2.50 bits per heavy atom. The number of carbonyl (C=O) groups is 1. The highest BCUT2D eigenvalue weighted by Gasteiger charge is 2.33. The van der Waals surface area contributed by atoms with Crippen LogP contribution in [0.25, 0.3) is 0 Å². The molecule has 2 aromatic carbocycles. The average molecular weight is 500 g/mol. The monoisotopic (exact) mass is 499 g/mol. The highest BCUT2D eigenvalue weighted by atomic mass is 35.5. The summed E-state index contributed by atoms with van der Waals surface area (Å²) in [7, 11) is 0. The van der Waals surface area contributed by atoms with Gasteiger partial charge in [-0.2, -0.15) is 13.2 Å². The number of morpholine rings is 1. The predicted molar refractivity (Wildman–Crippen MR) is 123 cm³/mol. The average Bonchev–Trinajstić information content (AvgIpc) is 2.76. The summed E-state index contributed by atoms with van der Waals surface area (Å²) >= 11 is 5.93. The third kappa shape index (κ3) is 7.61. The first kappa shape index (κ1) is 26.3. The molecule has 0 aromatic heterocycles. The summed E-state index contributed by atoms with van der Waals surface area (Å²) in [5.41, 5.74) is -0.166. The number of hydrogen-bond donors (Lipinski definition) is 0. The molecule has 0 spiro atoms. The van der Waals surface area contributed by atoms with Gasteiger partial charge in [-0.3, -0.25) is 9.69 Å². The van der Waals surface area contributed by atoms with Gasteiger partial charge in [0, 0.05) is 25.2 Å². The highest BCUT2D eigenvalue weighted by Crippen LogP contribution is 2.36. The van der Waals surface area contributed by atoms with Crippen LogP contribution in [0.4, 0.5) is 13.2 Å². The lowest BCUT2D eigenvalue weighted by Gasteiger charge is -2.33. The Morgan fingerprint density at radius 2 is 1.85 bits per heavy atom. The van der Waals surface area contributed by atoms with Crippen LogP contribution >= 0.6 is 11.6 Å². The maximum absolute atomic E-state index is 13.0. The normalized spacial score (nSPS) is 17.4. The molecule has 5 nitrogen and oxygen atoms in total. The number of hydrogen-bond acceptors (Lipinski definition) is 5. The zero-order chi connectivity index (χ0) is 24.9. The molecule has 0 N–H and O–H groups in total. The molecule has 0 aliphatic carbocycles. The second kappa shape index (κ2) is 11.0. The summed E-state index contributed by atoms with van der Waals surface area (Å²) in [6.07, 6.45) is -4.36. The molecule has 1 aliphatic heterocycles. The lowest BCUT2D eigenvalue weighted by molar-refractivity contribution is -0.155. The van der Waals surface area contributed by atoms with E-state index in [2.05, 4.69) is 4.90 Å². The van der Waals surface area contributed by atoms with E-state index in [0.29, 0.717) is 31.9 Å². The molecule has 0 radical (unpaired) electrons. The number of benzene rings is 2. The lowest BCUT2D eigenvalue weighted by atomic mass is 10.1. The van der Waals surface area contributed by atoms with Crippen molar-refractivity contribution in [3.8, 4) is 5.75 Å². The molecule has 34 heavy (non-hydrogen) atoms. The van der Waals surface area contributed by atoms with E-state index in [9.17, 15) is 18.0 Å². The van der Waals surface area contributed by atoms with Crippen molar-refractivity contribution in [1.82, 2.24) is 4.90 Å². The lowest BCUT2D eigenvalue weighted by Crippen LogP contribution is -2.39. The number of nitrogens with zero attached hydrogens (tertiary/aromatic N) is 1. The maximum Gasteiger partial charge on any atom is 0.417 e. The van der Waals surface area contributed by atoms with Crippen molar-refractivity contribution >= 4 is 17.6 Å². The largest absolute Gasteiger partial charge is 0.489 e. The smallest absolute Gasteiger partial charge is 0.417 e. The van der Waals surface area contributed by atoms with Gasteiger partial charge < -0.3 is 14.2 Å². The highest BCUT2D eigenvalue weighted by molar-refractivity contribution is 6.32. The second-order valence-electron chi connectivity index (χ2n) is 9.13. The topological polar surface area (TPSA) is 48.0 Å². The first-order chi connectivity index (χ1) is 15.9. The first-order valence-corrected chi connectivity index (χ1v) is 11.4. The quantitative estimate of drug-likeness (QED) is 0.434. The molecule has 0 bridgehead atoms. The van der Waals surface area contributed by atoms with Crippen molar-refractivity contribution < 1.29 is 32.2 Å². The van der Waals surface area contributed by atoms with Crippen molar-refractivity contribution in [3.63, 3.8) is 0 Å². The zero-order valence-electron chi connectivity index (χ0n) is 19.5. The summed E-state index contributed by atoms with van der Waals surface area (Å²) in [5.74, 6) is 0.285. The second-order valence-corrected chi connectivity index (χ2v) is 9.51. The third-order valence-electron chi connectivity index (χ3n) is 5.23.